The summed E-state index contributed by atoms with van der Waals surface area (Å²) in [5.41, 5.74) is 2.44. The first-order valence-electron chi connectivity index (χ1n) is 5.32. The molecule has 2 aromatic rings. The smallest absolute Gasteiger partial charge is 0.437 e. The molecule has 94 valence electrons. The topological polar surface area (TPSA) is 69.9 Å². The van der Waals surface area contributed by atoms with E-state index in [2.05, 4.69) is 14.5 Å². The molecule has 0 amide bonds. The molecular weight excluding hydrogens is 236 g/mol. The molecule has 2 heterocycles. The van der Waals surface area contributed by atoms with Gasteiger partial charge in [0.25, 0.3) is 0 Å². The van der Waals surface area contributed by atoms with Crippen LogP contribution in [0.2, 0.25) is 0 Å². The lowest BCUT2D eigenvalue weighted by atomic mass is 10.3. The van der Waals surface area contributed by atoms with E-state index in [1.165, 1.54) is 0 Å². The third kappa shape index (κ3) is 2.32. The highest BCUT2D eigenvalue weighted by molar-refractivity contribution is 5.83. The Morgan fingerprint density at radius 2 is 2.22 bits per heavy atom. The molecule has 2 aromatic heterocycles. The van der Waals surface area contributed by atoms with Crippen LogP contribution < -0.4 is 0 Å². The Balaban J connectivity index is 2.20. The summed E-state index contributed by atoms with van der Waals surface area (Å²) in [4.78, 5) is 26.4. The second-order valence-electron chi connectivity index (χ2n) is 3.74. The Bertz CT molecular complexity index is 603. The maximum Gasteiger partial charge on any atom is 0.515 e. The van der Waals surface area contributed by atoms with E-state index in [9.17, 15) is 9.59 Å². The fourth-order valence-corrected chi connectivity index (χ4v) is 1.65. The average Bonchev–Trinajstić information content (AvgIpc) is 2.74. The first-order valence-corrected chi connectivity index (χ1v) is 5.32. The molecule has 0 unspecified atom stereocenters. The number of carbonyl (C=O) groups excluding carboxylic acids is 2. The average molecular weight is 248 g/mol. The highest BCUT2D eigenvalue weighted by Crippen LogP contribution is 2.11. The SMILES string of the molecule is COC(=O)OC(=O)Cc1cnc2c(C)cccn12. The van der Waals surface area contributed by atoms with Crippen LogP contribution in [0.3, 0.4) is 0 Å². The monoisotopic (exact) mass is 248 g/mol. The molecular formula is C12H12N2O4. The van der Waals surface area contributed by atoms with Crippen molar-refractivity contribution in [2.45, 2.75) is 13.3 Å². The number of carbonyl (C=O) groups is 2. The quantitative estimate of drug-likeness (QED) is 0.595. The molecule has 0 saturated heterocycles. The minimum Gasteiger partial charge on any atom is -0.437 e. The van der Waals surface area contributed by atoms with Crippen LogP contribution in [0.25, 0.3) is 5.65 Å². The maximum absolute atomic E-state index is 11.4. The van der Waals surface area contributed by atoms with E-state index in [0.29, 0.717) is 5.69 Å². The van der Waals surface area contributed by atoms with Gasteiger partial charge in [-0.15, -0.1) is 0 Å². The summed E-state index contributed by atoms with van der Waals surface area (Å²) in [6.45, 7) is 1.93. The lowest BCUT2D eigenvalue weighted by Gasteiger charge is -2.02. The highest BCUT2D eigenvalue weighted by atomic mass is 16.7. The summed E-state index contributed by atoms with van der Waals surface area (Å²) in [6.07, 6.45) is 2.33. The molecule has 0 saturated carbocycles. The number of esters is 1. The molecule has 0 fully saturated rings. The van der Waals surface area contributed by atoms with E-state index < -0.39 is 12.1 Å². The van der Waals surface area contributed by atoms with Crippen LogP contribution >= 0.6 is 0 Å². The van der Waals surface area contributed by atoms with Crippen molar-refractivity contribution in [3.63, 3.8) is 0 Å². The molecule has 6 heteroatoms. The first-order chi connectivity index (χ1) is 8.61. The van der Waals surface area contributed by atoms with Crippen LogP contribution in [0.1, 0.15) is 11.3 Å². The van der Waals surface area contributed by atoms with Gasteiger partial charge >= 0.3 is 12.1 Å². The normalized spacial score (nSPS) is 10.3. The minimum atomic E-state index is -1.01. The Hall–Kier alpha value is -2.37. The number of ether oxygens (including phenoxy) is 2. The molecule has 0 aliphatic rings. The van der Waals surface area contributed by atoms with Crippen LogP contribution in [0.4, 0.5) is 4.79 Å². The Morgan fingerprint density at radius 3 is 2.94 bits per heavy atom. The number of rotatable bonds is 2. The Morgan fingerprint density at radius 1 is 1.44 bits per heavy atom. The van der Waals surface area contributed by atoms with Crippen LogP contribution in [0.5, 0.6) is 0 Å². The fraction of sp³-hybridized carbons (Fsp3) is 0.250. The highest BCUT2D eigenvalue weighted by Gasteiger charge is 2.14. The number of methoxy groups -OCH3 is 1. The predicted octanol–water partition coefficient (Wildman–Crippen LogP) is 1.49. The molecule has 0 radical (unpaired) electrons. The van der Waals surface area contributed by atoms with E-state index in [1.807, 2.05) is 19.1 Å². The van der Waals surface area contributed by atoms with Crippen molar-refractivity contribution in [2.24, 2.45) is 0 Å². The van der Waals surface area contributed by atoms with E-state index in [4.69, 9.17) is 0 Å². The number of aromatic nitrogens is 2. The molecule has 0 aliphatic heterocycles. The van der Waals surface area contributed by atoms with Gasteiger partial charge in [-0.1, -0.05) is 6.07 Å². The Labute approximate surface area is 103 Å². The van der Waals surface area contributed by atoms with Gasteiger partial charge in [-0.3, -0.25) is 4.79 Å². The van der Waals surface area contributed by atoms with Gasteiger partial charge in [0.1, 0.15) is 5.65 Å². The van der Waals surface area contributed by atoms with E-state index in [-0.39, 0.29) is 6.42 Å². The molecule has 6 nitrogen and oxygen atoms in total. The van der Waals surface area contributed by atoms with Crippen LogP contribution in [-0.2, 0) is 20.7 Å². The summed E-state index contributed by atoms with van der Waals surface area (Å²) in [5.74, 6) is -0.676. The van der Waals surface area contributed by atoms with Gasteiger partial charge in [-0.05, 0) is 18.6 Å². The van der Waals surface area contributed by atoms with Crippen LogP contribution in [-0.4, -0.2) is 28.6 Å². The van der Waals surface area contributed by atoms with Crippen LogP contribution in [0, 0.1) is 6.92 Å². The van der Waals surface area contributed by atoms with Gasteiger partial charge < -0.3 is 13.9 Å². The van der Waals surface area contributed by atoms with Crippen LogP contribution in [0.15, 0.2) is 24.5 Å². The minimum absolute atomic E-state index is 0.0419. The standard InChI is InChI=1S/C12H12N2O4/c1-8-4-3-5-14-9(7-13-11(8)14)6-10(15)18-12(16)17-2/h3-5,7H,6H2,1-2H3. The number of hydrogen-bond donors (Lipinski definition) is 0. The molecule has 0 N–H and O–H groups in total. The zero-order chi connectivity index (χ0) is 13.1. The van der Waals surface area contributed by atoms with Crippen molar-refractivity contribution in [1.82, 2.24) is 9.38 Å². The number of aryl methyl sites for hydroxylation is 1. The van der Waals surface area contributed by atoms with Gasteiger partial charge in [-0.25, -0.2) is 9.78 Å². The molecule has 0 aromatic carbocycles. The molecule has 0 bridgehead atoms. The Kier molecular flexibility index (Phi) is 3.27. The maximum atomic E-state index is 11.4. The largest absolute Gasteiger partial charge is 0.515 e. The molecule has 0 spiro atoms. The second-order valence-corrected chi connectivity index (χ2v) is 3.74. The van der Waals surface area contributed by atoms with Crippen molar-refractivity contribution in [1.29, 1.82) is 0 Å². The van der Waals surface area contributed by atoms with E-state index in [0.717, 1.165) is 18.3 Å². The zero-order valence-electron chi connectivity index (χ0n) is 10.0. The van der Waals surface area contributed by atoms with Crippen molar-refractivity contribution in [3.05, 3.63) is 35.8 Å². The zero-order valence-corrected chi connectivity index (χ0v) is 10.0. The van der Waals surface area contributed by atoms with E-state index >= 15 is 0 Å². The van der Waals surface area contributed by atoms with Crippen molar-refractivity contribution in [2.75, 3.05) is 7.11 Å². The predicted molar refractivity (Wildman–Crippen MR) is 62.1 cm³/mol. The lowest BCUT2D eigenvalue weighted by molar-refractivity contribution is -0.138. The molecule has 0 aliphatic carbocycles. The summed E-state index contributed by atoms with van der Waals surface area (Å²) < 4.78 is 10.4. The van der Waals surface area contributed by atoms with Crippen molar-refractivity contribution >= 4 is 17.8 Å². The van der Waals surface area contributed by atoms with Gasteiger partial charge in [0.2, 0.25) is 0 Å². The fourth-order valence-electron chi connectivity index (χ4n) is 1.65. The number of hydrogen-bond acceptors (Lipinski definition) is 5. The third-order valence-electron chi connectivity index (χ3n) is 2.50. The number of imidazole rings is 1. The molecule has 18 heavy (non-hydrogen) atoms. The van der Waals surface area contributed by atoms with Gasteiger partial charge in [0.05, 0.1) is 19.2 Å². The second kappa shape index (κ2) is 4.87. The summed E-state index contributed by atoms with van der Waals surface area (Å²) in [7, 11) is 1.15. The summed E-state index contributed by atoms with van der Waals surface area (Å²) >= 11 is 0. The van der Waals surface area contributed by atoms with Gasteiger partial charge in [0, 0.05) is 12.4 Å². The molecule has 2 rings (SSSR count). The number of fused-ring (bicyclic) bond motifs is 1. The third-order valence-corrected chi connectivity index (χ3v) is 2.50. The lowest BCUT2D eigenvalue weighted by Crippen LogP contribution is -2.15. The van der Waals surface area contributed by atoms with Gasteiger partial charge in [-0.2, -0.15) is 0 Å². The van der Waals surface area contributed by atoms with Gasteiger partial charge in [0.15, 0.2) is 0 Å². The van der Waals surface area contributed by atoms with Crippen molar-refractivity contribution in [3.8, 4) is 0 Å². The number of pyridine rings is 1. The summed E-state index contributed by atoms with van der Waals surface area (Å²) in [6, 6.07) is 3.79. The van der Waals surface area contributed by atoms with E-state index in [1.54, 1.807) is 16.8 Å². The molecule has 0 atom stereocenters. The summed E-state index contributed by atoms with van der Waals surface area (Å²) in [5, 5.41) is 0. The van der Waals surface area contributed by atoms with Crippen molar-refractivity contribution < 1.29 is 19.1 Å². The number of nitrogens with zero attached hydrogens (tertiary/aromatic N) is 2. The first kappa shape index (κ1) is 12.1.